The molecule has 0 radical (unpaired) electrons. The van der Waals surface area contributed by atoms with Gasteiger partial charge in [0.2, 0.25) is 0 Å². The summed E-state index contributed by atoms with van der Waals surface area (Å²) in [5.41, 5.74) is 0. The predicted octanol–water partition coefficient (Wildman–Crippen LogP) is -0.919. The molecule has 0 saturated heterocycles. The van der Waals surface area contributed by atoms with Gasteiger partial charge in [0.1, 0.15) is 5.25 Å². The Labute approximate surface area is 108 Å². The highest BCUT2D eigenvalue weighted by molar-refractivity contribution is 7.86. The third kappa shape index (κ3) is 7.28. The SMILES string of the molecule is CC(=O)/C=C\C(=O)N(O)CC(CC(=O)O)S(=O)(=O)O. The smallest absolute Gasteiger partial charge is 0.304 e. The monoisotopic (exact) mass is 295 g/mol. The van der Waals surface area contributed by atoms with Crippen molar-refractivity contribution in [2.75, 3.05) is 6.54 Å². The predicted molar refractivity (Wildman–Crippen MR) is 60.9 cm³/mol. The van der Waals surface area contributed by atoms with Gasteiger partial charge in [0.15, 0.2) is 5.78 Å². The molecular weight excluding hydrogens is 282 g/mol. The Morgan fingerprint density at radius 3 is 2.16 bits per heavy atom. The Kier molecular flexibility index (Phi) is 6.32. The van der Waals surface area contributed by atoms with Crippen LogP contribution in [0.5, 0.6) is 0 Å². The van der Waals surface area contributed by atoms with Crippen molar-refractivity contribution in [2.24, 2.45) is 0 Å². The molecule has 1 amide bonds. The van der Waals surface area contributed by atoms with Gasteiger partial charge in [-0.3, -0.25) is 24.1 Å². The number of carbonyl (C=O) groups excluding carboxylic acids is 2. The van der Waals surface area contributed by atoms with E-state index in [0.717, 1.165) is 13.0 Å². The second-order valence-electron chi connectivity index (χ2n) is 3.60. The zero-order valence-electron chi connectivity index (χ0n) is 9.88. The van der Waals surface area contributed by atoms with Gasteiger partial charge < -0.3 is 5.11 Å². The average molecular weight is 295 g/mol. The summed E-state index contributed by atoms with van der Waals surface area (Å²) < 4.78 is 30.5. The molecule has 0 aromatic rings. The van der Waals surface area contributed by atoms with Crippen LogP contribution in [-0.4, -0.2) is 57.8 Å². The van der Waals surface area contributed by atoms with Crippen molar-refractivity contribution in [2.45, 2.75) is 18.6 Å². The Balaban J connectivity index is 4.81. The molecule has 0 spiro atoms. The van der Waals surface area contributed by atoms with Crippen molar-refractivity contribution in [1.82, 2.24) is 5.06 Å². The van der Waals surface area contributed by atoms with Gasteiger partial charge in [-0.2, -0.15) is 8.42 Å². The minimum atomic E-state index is -4.75. The molecule has 0 fully saturated rings. The summed E-state index contributed by atoms with van der Waals surface area (Å²) in [4.78, 5) is 32.2. The van der Waals surface area contributed by atoms with Crippen LogP contribution >= 0.6 is 0 Å². The zero-order valence-corrected chi connectivity index (χ0v) is 10.7. The van der Waals surface area contributed by atoms with Crippen molar-refractivity contribution < 1.29 is 37.7 Å². The van der Waals surface area contributed by atoms with Crippen LogP contribution in [0.1, 0.15) is 13.3 Å². The fourth-order valence-corrected chi connectivity index (χ4v) is 1.70. The van der Waals surface area contributed by atoms with Crippen molar-refractivity contribution in [3.63, 3.8) is 0 Å². The molecule has 0 aromatic carbocycles. The van der Waals surface area contributed by atoms with E-state index < -0.39 is 46.0 Å². The third-order valence-corrected chi connectivity index (χ3v) is 3.07. The van der Waals surface area contributed by atoms with Gasteiger partial charge in [-0.25, -0.2) is 5.06 Å². The molecule has 0 saturated carbocycles. The van der Waals surface area contributed by atoms with E-state index in [1.807, 2.05) is 0 Å². The largest absolute Gasteiger partial charge is 0.481 e. The third-order valence-electron chi connectivity index (χ3n) is 1.92. The molecule has 3 N–H and O–H groups in total. The van der Waals surface area contributed by atoms with Crippen molar-refractivity contribution in [1.29, 1.82) is 0 Å². The molecule has 0 bridgehead atoms. The standard InChI is InChI=1S/C9H13NO8S/c1-6(11)2-3-8(12)10(15)5-7(4-9(13)14)19(16,17)18/h2-3,7,15H,4-5H2,1H3,(H,13,14)(H,16,17,18)/b3-2-. The first-order valence-corrected chi connectivity index (χ1v) is 6.41. The Morgan fingerprint density at radius 2 is 1.79 bits per heavy atom. The lowest BCUT2D eigenvalue weighted by molar-refractivity contribution is -0.160. The van der Waals surface area contributed by atoms with Crippen molar-refractivity contribution in [3.8, 4) is 0 Å². The summed E-state index contributed by atoms with van der Waals surface area (Å²) in [6.07, 6.45) is 0.537. The molecular formula is C9H13NO8S. The number of rotatable bonds is 7. The second kappa shape index (κ2) is 6.97. The van der Waals surface area contributed by atoms with Crippen LogP contribution in [0.4, 0.5) is 0 Å². The van der Waals surface area contributed by atoms with Crippen LogP contribution in [0.15, 0.2) is 12.2 Å². The molecule has 10 heteroatoms. The summed E-state index contributed by atoms with van der Waals surface area (Å²) in [6.45, 7) is 0.211. The number of carboxylic acids is 1. The highest BCUT2D eigenvalue weighted by Crippen LogP contribution is 2.07. The molecule has 0 aromatic heterocycles. The lowest BCUT2D eigenvalue weighted by Gasteiger charge is -2.18. The fraction of sp³-hybridized carbons (Fsp3) is 0.444. The summed E-state index contributed by atoms with van der Waals surface area (Å²) in [6, 6.07) is 0. The molecule has 0 aliphatic rings. The van der Waals surface area contributed by atoms with Crippen LogP contribution in [0.25, 0.3) is 0 Å². The molecule has 0 rings (SSSR count). The van der Waals surface area contributed by atoms with Crippen LogP contribution in [0.3, 0.4) is 0 Å². The van der Waals surface area contributed by atoms with Gasteiger partial charge in [-0.05, 0) is 13.0 Å². The van der Waals surface area contributed by atoms with E-state index in [0.29, 0.717) is 6.08 Å². The van der Waals surface area contributed by atoms with Gasteiger partial charge in [0.05, 0.1) is 13.0 Å². The molecule has 108 valence electrons. The first-order chi connectivity index (χ1) is 8.54. The average Bonchev–Trinajstić information content (AvgIpc) is 2.22. The quantitative estimate of drug-likeness (QED) is 0.236. The Hall–Kier alpha value is -1.78. The summed E-state index contributed by atoms with van der Waals surface area (Å²) in [5, 5.41) is 15.7. The van der Waals surface area contributed by atoms with Gasteiger partial charge in [0.25, 0.3) is 16.0 Å². The van der Waals surface area contributed by atoms with Gasteiger partial charge >= 0.3 is 5.97 Å². The maximum absolute atomic E-state index is 11.2. The molecule has 1 unspecified atom stereocenters. The minimum Gasteiger partial charge on any atom is -0.481 e. The molecule has 9 nitrogen and oxygen atoms in total. The van der Waals surface area contributed by atoms with Crippen LogP contribution in [0.2, 0.25) is 0 Å². The first kappa shape index (κ1) is 17.2. The van der Waals surface area contributed by atoms with E-state index in [1.165, 1.54) is 0 Å². The molecule has 19 heavy (non-hydrogen) atoms. The maximum Gasteiger partial charge on any atom is 0.304 e. The first-order valence-electron chi connectivity index (χ1n) is 4.91. The molecule has 1 atom stereocenters. The zero-order chi connectivity index (χ0) is 15.2. The van der Waals surface area contributed by atoms with Gasteiger partial charge in [0, 0.05) is 6.08 Å². The number of carboxylic acid groups (broad SMARTS) is 1. The number of allylic oxidation sites excluding steroid dienone is 1. The van der Waals surface area contributed by atoms with E-state index in [4.69, 9.17) is 9.66 Å². The lowest BCUT2D eigenvalue weighted by atomic mass is 10.3. The fourth-order valence-electron chi connectivity index (χ4n) is 1.02. The van der Waals surface area contributed by atoms with E-state index in [1.54, 1.807) is 0 Å². The van der Waals surface area contributed by atoms with E-state index >= 15 is 0 Å². The highest BCUT2D eigenvalue weighted by atomic mass is 32.2. The topological polar surface area (TPSA) is 149 Å². The van der Waals surface area contributed by atoms with E-state index in [9.17, 15) is 28.0 Å². The summed E-state index contributed by atoms with van der Waals surface area (Å²) >= 11 is 0. The number of amides is 1. The normalized spacial score (nSPS) is 13.2. The molecule has 0 heterocycles. The lowest BCUT2D eigenvalue weighted by Crippen LogP contribution is -2.39. The highest BCUT2D eigenvalue weighted by Gasteiger charge is 2.29. The van der Waals surface area contributed by atoms with Gasteiger partial charge in [-0.15, -0.1) is 0 Å². The van der Waals surface area contributed by atoms with Crippen molar-refractivity contribution >= 4 is 27.8 Å². The second-order valence-corrected chi connectivity index (χ2v) is 5.30. The van der Waals surface area contributed by atoms with E-state index in [-0.39, 0.29) is 5.06 Å². The Morgan fingerprint density at radius 1 is 1.26 bits per heavy atom. The summed E-state index contributed by atoms with van der Waals surface area (Å²) in [5.74, 6) is -3.12. The molecule has 0 aliphatic carbocycles. The van der Waals surface area contributed by atoms with Crippen LogP contribution < -0.4 is 0 Å². The van der Waals surface area contributed by atoms with Gasteiger partial charge in [-0.1, -0.05) is 0 Å². The summed E-state index contributed by atoms with van der Waals surface area (Å²) in [7, 11) is -4.75. The number of hydrogen-bond donors (Lipinski definition) is 3. The Bertz CT molecular complexity index is 494. The number of hydrogen-bond acceptors (Lipinski definition) is 6. The number of carbonyl (C=O) groups is 3. The maximum atomic E-state index is 11.2. The number of aliphatic carboxylic acids is 1. The number of ketones is 1. The van der Waals surface area contributed by atoms with Crippen LogP contribution in [-0.2, 0) is 24.5 Å². The van der Waals surface area contributed by atoms with Crippen LogP contribution in [0, 0.1) is 0 Å². The van der Waals surface area contributed by atoms with E-state index in [2.05, 4.69) is 0 Å². The number of nitrogens with zero attached hydrogens (tertiary/aromatic N) is 1. The molecule has 0 aliphatic heterocycles. The minimum absolute atomic E-state index is 0.0964. The van der Waals surface area contributed by atoms with Crippen molar-refractivity contribution in [3.05, 3.63) is 12.2 Å². The number of hydroxylamine groups is 2.